The fourth-order valence-electron chi connectivity index (χ4n) is 2.38. The second-order valence-corrected chi connectivity index (χ2v) is 5.54. The normalized spacial score (nSPS) is 12.3. The van der Waals surface area contributed by atoms with Gasteiger partial charge in [-0.3, -0.25) is 0 Å². The molecule has 0 heterocycles. The number of hydrogen-bond donors (Lipinski definition) is 2. The zero-order valence-electron chi connectivity index (χ0n) is 12.5. The lowest BCUT2D eigenvalue weighted by atomic mass is 10.0. The lowest BCUT2D eigenvalue weighted by Gasteiger charge is -2.16. The van der Waals surface area contributed by atoms with Crippen molar-refractivity contribution >= 4 is 0 Å². The monoisotopic (exact) mass is 269 g/mol. The van der Waals surface area contributed by atoms with Crippen LogP contribution in [0.25, 0.3) is 0 Å². The van der Waals surface area contributed by atoms with Crippen molar-refractivity contribution in [2.24, 2.45) is 0 Å². The molecule has 0 aliphatic heterocycles. The summed E-state index contributed by atoms with van der Waals surface area (Å²) in [5, 5.41) is 13.3. The lowest BCUT2D eigenvalue weighted by Crippen LogP contribution is -2.27. The van der Waals surface area contributed by atoms with Gasteiger partial charge in [0.05, 0.1) is 0 Å². The van der Waals surface area contributed by atoms with Gasteiger partial charge in [0.15, 0.2) is 0 Å². The molecule has 2 rings (SSSR count). The van der Waals surface area contributed by atoms with Gasteiger partial charge in [-0.2, -0.15) is 0 Å². The highest BCUT2D eigenvalue weighted by atomic mass is 16.3. The Morgan fingerprint density at radius 2 is 1.80 bits per heavy atom. The summed E-state index contributed by atoms with van der Waals surface area (Å²) < 4.78 is 0. The van der Waals surface area contributed by atoms with Crippen molar-refractivity contribution in [3.8, 4) is 5.75 Å². The van der Waals surface area contributed by atoms with Gasteiger partial charge in [0.2, 0.25) is 0 Å². The number of benzene rings is 2. The average molecular weight is 269 g/mol. The number of aromatic hydroxyl groups is 1. The van der Waals surface area contributed by atoms with Crippen molar-refractivity contribution in [2.45, 2.75) is 39.8 Å². The molecule has 0 saturated carbocycles. The van der Waals surface area contributed by atoms with Crippen LogP contribution in [0, 0.1) is 13.8 Å². The van der Waals surface area contributed by atoms with E-state index in [0.717, 1.165) is 12.0 Å². The topological polar surface area (TPSA) is 32.3 Å². The highest BCUT2D eigenvalue weighted by Crippen LogP contribution is 2.18. The molecule has 0 amide bonds. The molecule has 0 bridgehead atoms. The predicted molar refractivity (Wildman–Crippen MR) is 84.0 cm³/mol. The molecule has 0 saturated heterocycles. The summed E-state index contributed by atoms with van der Waals surface area (Å²) in [6.45, 7) is 7.06. The zero-order chi connectivity index (χ0) is 14.5. The molecule has 0 aliphatic carbocycles. The van der Waals surface area contributed by atoms with Crippen molar-refractivity contribution in [1.29, 1.82) is 0 Å². The standard InChI is InChI=1S/C18H23NO/c1-13-8-9-18(20)17(10-13)12-19-15(3)11-16-7-5-4-6-14(16)2/h4-10,15,19-20H,11-12H2,1-3H3. The van der Waals surface area contributed by atoms with Crippen LogP contribution in [-0.2, 0) is 13.0 Å². The number of hydrogen-bond acceptors (Lipinski definition) is 2. The Labute approximate surface area is 121 Å². The summed E-state index contributed by atoms with van der Waals surface area (Å²) in [7, 11) is 0. The zero-order valence-corrected chi connectivity index (χ0v) is 12.5. The van der Waals surface area contributed by atoms with Gasteiger partial charge in [0.25, 0.3) is 0 Å². The fourth-order valence-corrected chi connectivity index (χ4v) is 2.38. The average Bonchev–Trinajstić information content (AvgIpc) is 2.42. The first-order chi connectivity index (χ1) is 9.56. The fraction of sp³-hybridized carbons (Fsp3) is 0.333. The van der Waals surface area contributed by atoms with Crippen LogP contribution < -0.4 is 5.32 Å². The van der Waals surface area contributed by atoms with E-state index in [2.05, 4.69) is 43.4 Å². The SMILES string of the molecule is Cc1ccc(O)c(CNC(C)Cc2ccccc2C)c1. The maximum atomic E-state index is 9.84. The summed E-state index contributed by atoms with van der Waals surface area (Å²) in [6.07, 6.45) is 0.999. The molecule has 2 nitrogen and oxygen atoms in total. The second-order valence-electron chi connectivity index (χ2n) is 5.54. The first kappa shape index (κ1) is 14.6. The molecular weight excluding hydrogens is 246 g/mol. The molecule has 106 valence electrons. The van der Waals surface area contributed by atoms with Gasteiger partial charge in [-0.05, 0) is 44.4 Å². The van der Waals surface area contributed by atoms with Gasteiger partial charge in [0.1, 0.15) is 5.75 Å². The maximum Gasteiger partial charge on any atom is 0.120 e. The molecule has 2 aromatic carbocycles. The van der Waals surface area contributed by atoms with Crippen molar-refractivity contribution in [3.63, 3.8) is 0 Å². The van der Waals surface area contributed by atoms with Gasteiger partial charge in [0, 0.05) is 18.2 Å². The molecule has 0 aromatic heterocycles. The van der Waals surface area contributed by atoms with Crippen LogP contribution in [0.1, 0.15) is 29.2 Å². The highest BCUT2D eigenvalue weighted by molar-refractivity contribution is 5.35. The van der Waals surface area contributed by atoms with Crippen LogP contribution in [0.15, 0.2) is 42.5 Å². The van der Waals surface area contributed by atoms with E-state index < -0.39 is 0 Å². The van der Waals surface area contributed by atoms with Crippen LogP contribution in [0.4, 0.5) is 0 Å². The van der Waals surface area contributed by atoms with Crippen molar-refractivity contribution in [3.05, 3.63) is 64.7 Å². The lowest BCUT2D eigenvalue weighted by molar-refractivity contribution is 0.458. The van der Waals surface area contributed by atoms with E-state index in [1.165, 1.54) is 16.7 Å². The largest absolute Gasteiger partial charge is 0.508 e. The van der Waals surface area contributed by atoms with Crippen molar-refractivity contribution < 1.29 is 5.11 Å². The van der Waals surface area contributed by atoms with Gasteiger partial charge in [-0.15, -0.1) is 0 Å². The summed E-state index contributed by atoms with van der Waals surface area (Å²) >= 11 is 0. The van der Waals surface area contributed by atoms with E-state index in [9.17, 15) is 5.11 Å². The van der Waals surface area contributed by atoms with Crippen LogP contribution in [0.3, 0.4) is 0 Å². The molecule has 2 heteroatoms. The third kappa shape index (κ3) is 3.84. The maximum absolute atomic E-state index is 9.84. The van der Waals surface area contributed by atoms with Gasteiger partial charge >= 0.3 is 0 Å². The van der Waals surface area contributed by atoms with Crippen LogP contribution in [-0.4, -0.2) is 11.1 Å². The van der Waals surface area contributed by atoms with Gasteiger partial charge in [-0.1, -0.05) is 42.0 Å². The quantitative estimate of drug-likeness (QED) is 0.867. The Balaban J connectivity index is 1.94. The van der Waals surface area contributed by atoms with E-state index in [1.807, 2.05) is 19.1 Å². The molecular formula is C18H23NO. The van der Waals surface area contributed by atoms with Crippen molar-refractivity contribution in [2.75, 3.05) is 0 Å². The Kier molecular flexibility index (Phi) is 4.80. The van der Waals surface area contributed by atoms with Crippen LogP contribution in [0.2, 0.25) is 0 Å². The number of phenols is 1. The van der Waals surface area contributed by atoms with Gasteiger partial charge < -0.3 is 10.4 Å². The summed E-state index contributed by atoms with van der Waals surface area (Å²) in [4.78, 5) is 0. The molecule has 0 aliphatic rings. The third-order valence-electron chi connectivity index (χ3n) is 3.66. The van der Waals surface area contributed by atoms with E-state index in [1.54, 1.807) is 6.07 Å². The van der Waals surface area contributed by atoms with Crippen LogP contribution in [0.5, 0.6) is 5.75 Å². The van der Waals surface area contributed by atoms with E-state index in [0.29, 0.717) is 18.3 Å². The molecule has 1 unspecified atom stereocenters. The molecule has 20 heavy (non-hydrogen) atoms. The number of nitrogens with one attached hydrogen (secondary N) is 1. The molecule has 0 radical (unpaired) electrons. The summed E-state index contributed by atoms with van der Waals surface area (Å²) in [5.41, 5.74) is 4.84. The molecule has 2 N–H and O–H groups in total. The summed E-state index contributed by atoms with van der Waals surface area (Å²) in [6, 6.07) is 14.6. The summed E-state index contributed by atoms with van der Waals surface area (Å²) in [5.74, 6) is 0.367. The smallest absolute Gasteiger partial charge is 0.120 e. The Morgan fingerprint density at radius 1 is 1.05 bits per heavy atom. The van der Waals surface area contributed by atoms with E-state index in [4.69, 9.17) is 0 Å². The minimum atomic E-state index is 0.367. The van der Waals surface area contributed by atoms with Gasteiger partial charge in [-0.25, -0.2) is 0 Å². The highest BCUT2D eigenvalue weighted by Gasteiger charge is 2.07. The molecule has 1 atom stereocenters. The number of phenolic OH excluding ortho intramolecular Hbond substituents is 1. The molecule has 2 aromatic rings. The van der Waals surface area contributed by atoms with E-state index in [-0.39, 0.29) is 0 Å². The number of rotatable bonds is 5. The third-order valence-corrected chi connectivity index (χ3v) is 3.66. The predicted octanol–water partition coefficient (Wildman–Crippen LogP) is 3.73. The first-order valence-corrected chi connectivity index (χ1v) is 7.12. The molecule has 0 fully saturated rings. The first-order valence-electron chi connectivity index (χ1n) is 7.12. The Morgan fingerprint density at radius 3 is 2.55 bits per heavy atom. The minimum Gasteiger partial charge on any atom is -0.508 e. The molecule has 0 spiro atoms. The van der Waals surface area contributed by atoms with E-state index >= 15 is 0 Å². The van der Waals surface area contributed by atoms with Crippen molar-refractivity contribution in [1.82, 2.24) is 5.32 Å². The number of aryl methyl sites for hydroxylation is 2. The Bertz CT molecular complexity index is 577. The second kappa shape index (κ2) is 6.58. The Hall–Kier alpha value is -1.80. The van der Waals surface area contributed by atoms with Crippen LogP contribution >= 0.6 is 0 Å². The minimum absolute atomic E-state index is 0.367.